The second-order valence-corrected chi connectivity index (χ2v) is 4.33. The molecular formula is C14H10ClF2NO2. The molecule has 0 spiro atoms. The predicted molar refractivity (Wildman–Crippen MR) is 72.3 cm³/mol. The lowest BCUT2D eigenvalue weighted by atomic mass is 10.1. The molecule has 0 aliphatic rings. The summed E-state index contributed by atoms with van der Waals surface area (Å²) in [4.78, 5) is 11.9. The number of benzene rings is 2. The maximum atomic E-state index is 13.5. The zero-order chi connectivity index (χ0) is 14.7. The molecular weight excluding hydrogens is 288 g/mol. The van der Waals surface area contributed by atoms with Gasteiger partial charge in [-0.15, -0.1) is 0 Å². The van der Waals surface area contributed by atoms with Gasteiger partial charge >= 0.3 is 0 Å². The van der Waals surface area contributed by atoms with Crippen molar-refractivity contribution in [2.75, 3.05) is 12.4 Å². The minimum atomic E-state index is -0.941. The number of hydrogen-bond donors (Lipinski definition) is 1. The Bertz CT molecular complexity index is 641. The van der Waals surface area contributed by atoms with E-state index in [9.17, 15) is 13.6 Å². The molecule has 0 heterocycles. The van der Waals surface area contributed by atoms with Crippen molar-refractivity contribution < 1.29 is 18.3 Å². The highest BCUT2D eigenvalue weighted by Crippen LogP contribution is 2.28. The number of nitrogens with one attached hydrogen (secondary N) is 1. The van der Waals surface area contributed by atoms with Crippen LogP contribution in [0.5, 0.6) is 5.75 Å². The van der Waals surface area contributed by atoms with Crippen molar-refractivity contribution in [1.29, 1.82) is 0 Å². The molecule has 104 valence electrons. The van der Waals surface area contributed by atoms with E-state index in [1.807, 2.05) is 0 Å². The molecule has 0 radical (unpaired) electrons. The monoisotopic (exact) mass is 297 g/mol. The van der Waals surface area contributed by atoms with Gasteiger partial charge in [0.1, 0.15) is 22.9 Å². The average Bonchev–Trinajstić information content (AvgIpc) is 2.38. The summed E-state index contributed by atoms with van der Waals surface area (Å²) in [5.74, 6) is -2.47. The SMILES string of the molecule is COc1ccc(Cl)cc1NC(=O)c1c(F)cccc1F. The molecule has 1 amide bonds. The summed E-state index contributed by atoms with van der Waals surface area (Å²) in [6, 6.07) is 7.73. The fourth-order valence-corrected chi connectivity index (χ4v) is 1.85. The molecule has 0 saturated heterocycles. The van der Waals surface area contributed by atoms with E-state index < -0.39 is 23.1 Å². The summed E-state index contributed by atoms with van der Waals surface area (Å²) in [5.41, 5.74) is -0.429. The summed E-state index contributed by atoms with van der Waals surface area (Å²) in [6.07, 6.45) is 0. The number of anilines is 1. The fourth-order valence-electron chi connectivity index (χ4n) is 1.68. The van der Waals surface area contributed by atoms with Crippen molar-refractivity contribution in [3.8, 4) is 5.75 Å². The number of carbonyl (C=O) groups excluding carboxylic acids is 1. The lowest BCUT2D eigenvalue weighted by Gasteiger charge is -2.11. The lowest BCUT2D eigenvalue weighted by molar-refractivity contribution is 0.101. The Labute approximate surface area is 119 Å². The first-order chi connectivity index (χ1) is 9.52. The highest BCUT2D eigenvalue weighted by molar-refractivity contribution is 6.31. The second kappa shape index (κ2) is 5.88. The maximum absolute atomic E-state index is 13.5. The Morgan fingerprint density at radius 2 is 1.85 bits per heavy atom. The average molecular weight is 298 g/mol. The minimum absolute atomic E-state index is 0.229. The molecule has 2 rings (SSSR count). The van der Waals surface area contributed by atoms with Crippen molar-refractivity contribution >= 4 is 23.2 Å². The first kappa shape index (κ1) is 14.3. The number of amides is 1. The molecule has 0 aliphatic heterocycles. The molecule has 2 aromatic rings. The first-order valence-electron chi connectivity index (χ1n) is 5.62. The number of rotatable bonds is 3. The maximum Gasteiger partial charge on any atom is 0.261 e. The summed E-state index contributed by atoms with van der Waals surface area (Å²) in [7, 11) is 1.41. The number of methoxy groups -OCH3 is 1. The van der Waals surface area contributed by atoms with Crippen molar-refractivity contribution in [3.63, 3.8) is 0 Å². The Kier molecular flexibility index (Phi) is 4.20. The van der Waals surface area contributed by atoms with Gasteiger partial charge in [0.25, 0.3) is 5.91 Å². The fraction of sp³-hybridized carbons (Fsp3) is 0.0714. The van der Waals surface area contributed by atoms with Gasteiger partial charge in [-0.25, -0.2) is 8.78 Å². The van der Waals surface area contributed by atoms with Crippen molar-refractivity contribution in [3.05, 3.63) is 58.6 Å². The van der Waals surface area contributed by atoms with Gasteiger partial charge in [-0.05, 0) is 30.3 Å². The van der Waals surface area contributed by atoms with Crippen LogP contribution in [0.4, 0.5) is 14.5 Å². The third-order valence-electron chi connectivity index (χ3n) is 2.60. The van der Waals surface area contributed by atoms with E-state index in [4.69, 9.17) is 16.3 Å². The zero-order valence-corrected chi connectivity index (χ0v) is 11.2. The van der Waals surface area contributed by atoms with Gasteiger partial charge in [0, 0.05) is 5.02 Å². The van der Waals surface area contributed by atoms with Crippen LogP contribution in [0.2, 0.25) is 5.02 Å². The standard InChI is InChI=1S/C14H10ClF2NO2/c1-20-12-6-5-8(15)7-11(12)18-14(19)13-9(16)3-2-4-10(13)17/h2-7H,1H3,(H,18,19). The number of carbonyl (C=O) groups is 1. The van der Waals surface area contributed by atoms with Crippen LogP contribution >= 0.6 is 11.6 Å². The Balaban J connectivity index is 2.35. The smallest absolute Gasteiger partial charge is 0.261 e. The Morgan fingerprint density at radius 3 is 2.45 bits per heavy atom. The molecule has 20 heavy (non-hydrogen) atoms. The zero-order valence-electron chi connectivity index (χ0n) is 10.4. The van der Waals surface area contributed by atoms with Gasteiger partial charge in [0.15, 0.2) is 0 Å². The summed E-state index contributed by atoms with van der Waals surface area (Å²) in [5, 5.41) is 2.73. The van der Waals surface area contributed by atoms with Gasteiger partial charge in [-0.3, -0.25) is 4.79 Å². The molecule has 0 unspecified atom stereocenters. The summed E-state index contributed by atoms with van der Waals surface area (Å²) < 4.78 is 32.1. The van der Waals surface area contributed by atoms with Crippen LogP contribution in [0.15, 0.2) is 36.4 Å². The first-order valence-corrected chi connectivity index (χ1v) is 5.99. The molecule has 0 fully saturated rings. The molecule has 0 atom stereocenters. The van der Waals surface area contributed by atoms with Gasteiger partial charge in [0.05, 0.1) is 12.8 Å². The molecule has 3 nitrogen and oxygen atoms in total. The molecule has 1 N–H and O–H groups in total. The number of hydrogen-bond acceptors (Lipinski definition) is 2. The normalized spacial score (nSPS) is 10.2. The van der Waals surface area contributed by atoms with E-state index in [0.717, 1.165) is 12.1 Å². The van der Waals surface area contributed by atoms with Crippen molar-refractivity contribution in [2.45, 2.75) is 0 Å². The molecule has 6 heteroatoms. The largest absolute Gasteiger partial charge is 0.495 e. The van der Waals surface area contributed by atoms with Crippen molar-refractivity contribution in [1.82, 2.24) is 0 Å². The highest BCUT2D eigenvalue weighted by atomic mass is 35.5. The van der Waals surface area contributed by atoms with Crippen LogP contribution < -0.4 is 10.1 Å². The number of ether oxygens (including phenoxy) is 1. The summed E-state index contributed by atoms with van der Waals surface area (Å²) in [6.45, 7) is 0. The van der Waals surface area contributed by atoms with Crippen LogP contribution in [0.1, 0.15) is 10.4 Å². The Hall–Kier alpha value is -2.14. The molecule has 0 bridgehead atoms. The van der Waals surface area contributed by atoms with Crippen LogP contribution in [0, 0.1) is 11.6 Å². The number of halogens is 3. The van der Waals surface area contributed by atoms with E-state index in [0.29, 0.717) is 10.8 Å². The van der Waals surface area contributed by atoms with Crippen molar-refractivity contribution in [2.24, 2.45) is 0 Å². The van der Waals surface area contributed by atoms with Gasteiger partial charge in [0.2, 0.25) is 0 Å². The van der Waals surface area contributed by atoms with Gasteiger partial charge in [-0.1, -0.05) is 17.7 Å². The van der Waals surface area contributed by atoms with Crippen LogP contribution in [-0.2, 0) is 0 Å². The van der Waals surface area contributed by atoms with Crippen LogP contribution in [-0.4, -0.2) is 13.0 Å². The van der Waals surface area contributed by atoms with E-state index in [2.05, 4.69) is 5.32 Å². The molecule has 0 saturated carbocycles. The van der Waals surface area contributed by atoms with E-state index in [1.54, 1.807) is 6.07 Å². The third-order valence-corrected chi connectivity index (χ3v) is 2.83. The highest BCUT2D eigenvalue weighted by Gasteiger charge is 2.18. The van der Waals surface area contributed by atoms with Gasteiger partial charge < -0.3 is 10.1 Å². The summed E-state index contributed by atoms with van der Waals surface area (Å²) >= 11 is 5.81. The van der Waals surface area contributed by atoms with E-state index >= 15 is 0 Å². The minimum Gasteiger partial charge on any atom is -0.495 e. The quantitative estimate of drug-likeness (QED) is 0.933. The van der Waals surface area contributed by atoms with E-state index in [1.165, 1.54) is 25.3 Å². The van der Waals surface area contributed by atoms with Gasteiger partial charge in [-0.2, -0.15) is 0 Å². The topological polar surface area (TPSA) is 38.3 Å². The second-order valence-electron chi connectivity index (χ2n) is 3.90. The molecule has 2 aromatic carbocycles. The molecule has 0 aromatic heterocycles. The molecule has 0 aliphatic carbocycles. The van der Waals surface area contributed by atoms with Crippen LogP contribution in [0.3, 0.4) is 0 Å². The Morgan fingerprint density at radius 1 is 1.20 bits per heavy atom. The van der Waals surface area contributed by atoms with E-state index in [-0.39, 0.29) is 5.69 Å². The van der Waals surface area contributed by atoms with Crippen LogP contribution in [0.25, 0.3) is 0 Å². The lowest BCUT2D eigenvalue weighted by Crippen LogP contribution is -2.16. The predicted octanol–water partition coefficient (Wildman–Crippen LogP) is 3.88. The third kappa shape index (κ3) is 2.88.